The molecular formula is C21H22N4O2. The van der Waals surface area contributed by atoms with Gasteiger partial charge in [-0.05, 0) is 45.0 Å². The first-order valence-electron chi connectivity index (χ1n) is 8.76. The summed E-state index contributed by atoms with van der Waals surface area (Å²) in [5, 5.41) is 6.05. The van der Waals surface area contributed by atoms with Gasteiger partial charge in [0.25, 0.3) is 5.91 Å². The van der Waals surface area contributed by atoms with Gasteiger partial charge in [0.15, 0.2) is 0 Å². The Hall–Kier alpha value is -3.41. The van der Waals surface area contributed by atoms with E-state index in [1.807, 2.05) is 68.4 Å². The maximum Gasteiger partial charge on any atom is 0.274 e. The van der Waals surface area contributed by atoms with Gasteiger partial charge >= 0.3 is 0 Å². The summed E-state index contributed by atoms with van der Waals surface area (Å²) in [6, 6.07) is 18.5. The van der Waals surface area contributed by atoms with Crippen LogP contribution in [0, 0.1) is 6.92 Å². The minimum atomic E-state index is -0.290. The van der Waals surface area contributed by atoms with Crippen LogP contribution in [0.3, 0.4) is 0 Å². The van der Waals surface area contributed by atoms with Crippen molar-refractivity contribution in [1.82, 2.24) is 9.97 Å². The standard InChI is InChI=1S/C21H22N4O2/c1-14(2)27-19-12-8-7-11-17(19)25-20-13-18(22-15(3)23-20)21(26)24-16-9-5-4-6-10-16/h4-14H,1-3H3,(H,24,26)(H,22,23,25). The number of nitrogens with one attached hydrogen (secondary N) is 2. The molecule has 0 saturated heterocycles. The third-order valence-corrected chi connectivity index (χ3v) is 3.61. The van der Waals surface area contributed by atoms with E-state index in [0.717, 1.165) is 11.4 Å². The van der Waals surface area contributed by atoms with Gasteiger partial charge in [0, 0.05) is 11.8 Å². The van der Waals surface area contributed by atoms with Crippen LogP contribution in [0.2, 0.25) is 0 Å². The molecule has 0 bridgehead atoms. The van der Waals surface area contributed by atoms with Crippen molar-refractivity contribution in [2.24, 2.45) is 0 Å². The van der Waals surface area contributed by atoms with Crippen LogP contribution >= 0.6 is 0 Å². The van der Waals surface area contributed by atoms with Gasteiger partial charge in [0.05, 0.1) is 11.8 Å². The zero-order valence-corrected chi connectivity index (χ0v) is 15.6. The van der Waals surface area contributed by atoms with Crippen LogP contribution in [-0.4, -0.2) is 22.0 Å². The molecule has 0 unspecified atom stereocenters. The number of carbonyl (C=O) groups is 1. The number of amides is 1. The SMILES string of the molecule is Cc1nc(Nc2ccccc2OC(C)C)cc(C(=O)Nc2ccccc2)n1. The Bertz CT molecular complexity index is 926. The summed E-state index contributed by atoms with van der Waals surface area (Å²) >= 11 is 0. The summed E-state index contributed by atoms with van der Waals surface area (Å²) in [6.45, 7) is 5.69. The van der Waals surface area contributed by atoms with Crippen molar-refractivity contribution in [2.45, 2.75) is 26.9 Å². The number of hydrogen-bond donors (Lipinski definition) is 2. The van der Waals surface area contributed by atoms with Gasteiger partial charge in [-0.1, -0.05) is 30.3 Å². The molecule has 0 fully saturated rings. The van der Waals surface area contributed by atoms with Crippen molar-refractivity contribution in [3.05, 3.63) is 72.2 Å². The summed E-state index contributed by atoms with van der Waals surface area (Å²) in [5.74, 6) is 1.46. The molecule has 0 aliphatic carbocycles. The lowest BCUT2D eigenvalue weighted by atomic mass is 10.2. The Kier molecular flexibility index (Phi) is 5.66. The van der Waals surface area contributed by atoms with Crippen LogP contribution in [0.4, 0.5) is 17.2 Å². The summed E-state index contributed by atoms with van der Waals surface area (Å²) in [4.78, 5) is 21.2. The first-order valence-corrected chi connectivity index (χ1v) is 8.76. The van der Waals surface area contributed by atoms with Crippen LogP contribution < -0.4 is 15.4 Å². The van der Waals surface area contributed by atoms with E-state index in [4.69, 9.17) is 4.74 Å². The van der Waals surface area contributed by atoms with Gasteiger partial charge in [-0.25, -0.2) is 9.97 Å². The lowest BCUT2D eigenvalue weighted by Crippen LogP contribution is -2.15. The third-order valence-electron chi connectivity index (χ3n) is 3.61. The molecular weight excluding hydrogens is 340 g/mol. The van der Waals surface area contributed by atoms with Crippen molar-refractivity contribution < 1.29 is 9.53 Å². The number of benzene rings is 2. The highest BCUT2D eigenvalue weighted by atomic mass is 16.5. The fourth-order valence-electron chi connectivity index (χ4n) is 2.53. The second kappa shape index (κ2) is 8.31. The number of hydrogen-bond acceptors (Lipinski definition) is 5. The average Bonchev–Trinajstić information content (AvgIpc) is 2.63. The molecule has 1 heterocycles. The largest absolute Gasteiger partial charge is 0.489 e. The molecule has 0 saturated carbocycles. The molecule has 6 heteroatoms. The van der Waals surface area contributed by atoms with Gasteiger partial charge in [0.2, 0.25) is 0 Å². The number of aryl methyl sites for hydroxylation is 1. The molecule has 1 aromatic heterocycles. The molecule has 138 valence electrons. The molecule has 0 radical (unpaired) electrons. The lowest BCUT2D eigenvalue weighted by molar-refractivity contribution is 0.102. The van der Waals surface area contributed by atoms with E-state index < -0.39 is 0 Å². The van der Waals surface area contributed by atoms with Crippen molar-refractivity contribution in [2.75, 3.05) is 10.6 Å². The van der Waals surface area contributed by atoms with Gasteiger partial charge in [-0.15, -0.1) is 0 Å². The maximum atomic E-state index is 12.5. The monoisotopic (exact) mass is 362 g/mol. The van der Waals surface area contributed by atoms with Gasteiger partial charge < -0.3 is 15.4 Å². The molecule has 0 aliphatic rings. The Labute approximate surface area is 158 Å². The van der Waals surface area contributed by atoms with E-state index in [9.17, 15) is 4.79 Å². The van der Waals surface area contributed by atoms with Gasteiger partial charge in [-0.2, -0.15) is 0 Å². The normalized spacial score (nSPS) is 10.5. The zero-order valence-electron chi connectivity index (χ0n) is 15.6. The van der Waals surface area contributed by atoms with Crippen LogP contribution in [-0.2, 0) is 0 Å². The zero-order chi connectivity index (χ0) is 19.2. The van der Waals surface area contributed by atoms with Crippen LogP contribution in [0.15, 0.2) is 60.7 Å². The molecule has 0 aliphatic heterocycles. The molecule has 3 rings (SSSR count). The van der Waals surface area contributed by atoms with Gasteiger partial charge in [-0.3, -0.25) is 4.79 Å². The molecule has 6 nitrogen and oxygen atoms in total. The lowest BCUT2D eigenvalue weighted by Gasteiger charge is -2.15. The highest BCUT2D eigenvalue weighted by molar-refractivity contribution is 6.03. The van der Waals surface area contributed by atoms with Crippen LogP contribution in [0.25, 0.3) is 0 Å². The Morgan fingerprint density at radius 1 is 1.00 bits per heavy atom. The highest BCUT2D eigenvalue weighted by Crippen LogP contribution is 2.27. The van der Waals surface area contributed by atoms with Crippen molar-refractivity contribution in [3.63, 3.8) is 0 Å². The maximum absolute atomic E-state index is 12.5. The molecule has 0 atom stereocenters. The second-order valence-electron chi connectivity index (χ2n) is 6.29. The van der Waals surface area contributed by atoms with Crippen molar-refractivity contribution in [3.8, 4) is 5.75 Å². The van der Waals surface area contributed by atoms with Crippen molar-refractivity contribution in [1.29, 1.82) is 0 Å². The smallest absolute Gasteiger partial charge is 0.274 e. The minimum absolute atomic E-state index is 0.0484. The number of carbonyl (C=O) groups excluding carboxylic acids is 1. The summed E-state index contributed by atoms with van der Waals surface area (Å²) in [5.41, 5.74) is 1.78. The molecule has 2 aromatic carbocycles. The molecule has 2 N–H and O–H groups in total. The van der Waals surface area contributed by atoms with E-state index in [0.29, 0.717) is 17.3 Å². The Morgan fingerprint density at radius 3 is 2.44 bits per heavy atom. The van der Waals surface area contributed by atoms with Crippen LogP contribution in [0.5, 0.6) is 5.75 Å². The van der Waals surface area contributed by atoms with E-state index >= 15 is 0 Å². The number of nitrogens with zero attached hydrogens (tertiary/aromatic N) is 2. The predicted octanol–water partition coefficient (Wildman–Crippen LogP) is 4.57. The molecule has 3 aromatic rings. The predicted molar refractivity (Wildman–Crippen MR) is 107 cm³/mol. The Morgan fingerprint density at radius 2 is 1.70 bits per heavy atom. The second-order valence-corrected chi connectivity index (χ2v) is 6.29. The first kappa shape index (κ1) is 18.4. The van der Waals surface area contributed by atoms with E-state index in [-0.39, 0.29) is 17.7 Å². The topological polar surface area (TPSA) is 76.1 Å². The molecule has 27 heavy (non-hydrogen) atoms. The molecule has 1 amide bonds. The third kappa shape index (κ3) is 5.04. The molecule has 0 spiro atoms. The van der Waals surface area contributed by atoms with Crippen LogP contribution in [0.1, 0.15) is 30.2 Å². The fraction of sp³-hybridized carbons (Fsp3) is 0.190. The average molecular weight is 362 g/mol. The van der Waals surface area contributed by atoms with Crippen molar-refractivity contribution >= 4 is 23.1 Å². The Balaban J connectivity index is 1.83. The number of para-hydroxylation sites is 3. The summed E-state index contributed by atoms with van der Waals surface area (Å²) < 4.78 is 5.82. The van der Waals surface area contributed by atoms with E-state index in [1.54, 1.807) is 13.0 Å². The van der Waals surface area contributed by atoms with E-state index in [1.165, 1.54) is 0 Å². The summed E-state index contributed by atoms with van der Waals surface area (Å²) in [7, 11) is 0. The number of ether oxygens (including phenoxy) is 1. The van der Waals surface area contributed by atoms with Gasteiger partial charge in [0.1, 0.15) is 23.1 Å². The number of anilines is 3. The van der Waals surface area contributed by atoms with E-state index in [2.05, 4.69) is 20.6 Å². The summed E-state index contributed by atoms with van der Waals surface area (Å²) in [6.07, 6.45) is 0.0484. The number of aromatic nitrogens is 2. The first-order chi connectivity index (χ1) is 13.0. The quantitative estimate of drug-likeness (QED) is 0.672. The fourth-order valence-corrected chi connectivity index (χ4v) is 2.53. The minimum Gasteiger partial charge on any atom is -0.489 e. The number of rotatable bonds is 6. The highest BCUT2D eigenvalue weighted by Gasteiger charge is 2.12.